The number of hydrogen-bond donors (Lipinski definition) is 0. The van der Waals surface area contributed by atoms with E-state index in [1.54, 1.807) is 7.11 Å². The zero-order valence-corrected chi connectivity index (χ0v) is 26.0. The van der Waals surface area contributed by atoms with Crippen molar-refractivity contribution in [2.45, 2.75) is 12.8 Å². The SMILES string of the molecule is COc1ccc(-n2c3ccc(-n4c5c(c6ccccc64)C=CCC5)cc3c3cc(-n4c5ccccc5c5ccccc54)ccc32)cc1. The Hall–Kier alpha value is -6.00. The summed E-state index contributed by atoms with van der Waals surface area (Å²) in [5.74, 6) is 0.851. The molecule has 4 heteroatoms. The van der Waals surface area contributed by atoms with Crippen molar-refractivity contribution in [2.24, 2.45) is 0 Å². The van der Waals surface area contributed by atoms with E-state index in [1.807, 2.05) is 12.1 Å². The lowest BCUT2D eigenvalue weighted by atomic mass is 10.0. The van der Waals surface area contributed by atoms with E-state index in [2.05, 4.69) is 147 Å². The minimum Gasteiger partial charge on any atom is -0.497 e. The Balaban J connectivity index is 1.28. The van der Waals surface area contributed by atoms with Crippen LogP contribution in [0.1, 0.15) is 17.7 Å². The van der Waals surface area contributed by atoms with Gasteiger partial charge in [0.1, 0.15) is 5.75 Å². The monoisotopic (exact) mass is 605 g/mol. The zero-order valence-electron chi connectivity index (χ0n) is 26.0. The average Bonchev–Trinajstić information content (AvgIpc) is 3.77. The van der Waals surface area contributed by atoms with E-state index in [0.29, 0.717) is 0 Å². The van der Waals surface area contributed by atoms with Gasteiger partial charge in [-0.25, -0.2) is 0 Å². The summed E-state index contributed by atoms with van der Waals surface area (Å²) in [6.07, 6.45) is 6.71. The van der Waals surface area contributed by atoms with Crippen molar-refractivity contribution in [2.75, 3.05) is 7.11 Å². The molecule has 4 nitrogen and oxygen atoms in total. The largest absolute Gasteiger partial charge is 0.497 e. The number of aromatic nitrogens is 3. The number of benzene rings is 6. The van der Waals surface area contributed by atoms with Crippen molar-refractivity contribution in [1.29, 1.82) is 0 Å². The second-order valence-electron chi connectivity index (χ2n) is 12.5. The van der Waals surface area contributed by atoms with Crippen LogP contribution in [-0.4, -0.2) is 20.8 Å². The fourth-order valence-electron chi connectivity index (χ4n) is 7.95. The molecule has 0 saturated heterocycles. The average molecular weight is 606 g/mol. The normalized spacial score (nSPS) is 13.0. The number of hydrogen-bond acceptors (Lipinski definition) is 1. The van der Waals surface area contributed by atoms with E-state index < -0.39 is 0 Å². The van der Waals surface area contributed by atoms with Gasteiger partial charge in [0.25, 0.3) is 0 Å². The van der Waals surface area contributed by atoms with Crippen LogP contribution >= 0.6 is 0 Å². The highest BCUT2D eigenvalue weighted by Crippen LogP contribution is 2.40. The standard InChI is InChI=1S/C43H31N3O/c1-47-31-22-18-28(19-23-31)44-42-24-20-29(45-38-14-6-2-10-32(38)33-11-3-7-15-39(33)45)26-36(42)37-27-30(21-25-43(37)44)46-40-16-8-4-12-34(40)35-13-5-9-17-41(35)46/h2-8,10-16,18-27H,9,17H2,1H3. The van der Waals surface area contributed by atoms with Crippen LogP contribution in [0.15, 0.2) is 140 Å². The van der Waals surface area contributed by atoms with Crippen LogP contribution in [0.5, 0.6) is 5.75 Å². The van der Waals surface area contributed by atoms with Gasteiger partial charge in [0.05, 0.1) is 34.7 Å². The third kappa shape index (κ3) is 3.76. The first kappa shape index (κ1) is 26.2. The lowest BCUT2D eigenvalue weighted by Gasteiger charge is -2.14. The summed E-state index contributed by atoms with van der Waals surface area (Å²) in [6, 6.07) is 48.6. The Bertz CT molecular complexity index is 2660. The summed E-state index contributed by atoms with van der Waals surface area (Å²) < 4.78 is 12.8. The topological polar surface area (TPSA) is 24.0 Å². The Morgan fingerprint density at radius 2 is 0.957 bits per heavy atom. The second kappa shape index (κ2) is 10.0. The molecule has 224 valence electrons. The van der Waals surface area contributed by atoms with E-state index in [9.17, 15) is 0 Å². The Kier molecular flexibility index (Phi) is 5.58. The van der Waals surface area contributed by atoms with E-state index in [-0.39, 0.29) is 0 Å². The number of allylic oxidation sites excluding steroid dienone is 1. The molecule has 0 aliphatic heterocycles. The highest BCUT2D eigenvalue weighted by atomic mass is 16.5. The molecule has 6 aromatic carbocycles. The van der Waals surface area contributed by atoms with Gasteiger partial charge >= 0.3 is 0 Å². The summed E-state index contributed by atoms with van der Waals surface area (Å²) in [6.45, 7) is 0. The molecular formula is C43H31N3O. The van der Waals surface area contributed by atoms with Crippen molar-refractivity contribution in [3.8, 4) is 22.8 Å². The predicted molar refractivity (Wildman–Crippen MR) is 196 cm³/mol. The molecule has 0 saturated carbocycles. The quantitative estimate of drug-likeness (QED) is 0.196. The van der Waals surface area contributed by atoms with Crippen molar-refractivity contribution < 1.29 is 4.74 Å². The van der Waals surface area contributed by atoms with E-state index >= 15 is 0 Å². The predicted octanol–water partition coefficient (Wildman–Crippen LogP) is 10.8. The molecule has 9 aromatic rings. The molecule has 0 unspecified atom stereocenters. The lowest BCUT2D eigenvalue weighted by molar-refractivity contribution is 0.415. The van der Waals surface area contributed by atoms with Crippen LogP contribution in [0.3, 0.4) is 0 Å². The molecule has 3 aromatic heterocycles. The molecule has 0 N–H and O–H groups in total. The number of ether oxygens (including phenoxy) is 1. The van der Waals surface area contributed by atoms with Crippen molar-refractivity contribution >= 4 is 60.6 Å². The van der Waals surface area contributed by atoms with Crippen LogP contribution in [0.2, 0.25) is 0 Å². The van der Waals surface area contributed by atoms with E-state index in [0.717, 1.165) is 30.0 Å². The Morgan fingerprint density at radius 1 is 0.468 bits per heavy atom. The lowest BCUT2D eigenvalue weighted by Crippen LogP contribution is -2.03. The maximum Gasteiger partial charge on any atom is 0.119 e. The molecule has 47 heavy (non-hydrogen) atoms. The van der Waals surface area contributed by atoms with Gasteiger partial charge < -0.3 is 18.4 Å². The molecule has 0 fully saturated rings. The van der Waals surface area contributed by atoms with Crippen molar-refractivity contribution in [3.63, 3.8) is 0 Å². The molecule has 1 aliphatic rings. The Morgan fingerprint density at radius 3 is 1.57 bits per heavy atom. The van der Waals surface area contributed by atoms with Gasteiger partial charge in [-0.2, -0.15) is 0 Å². The summed E-state index contributed by atoms with van der Waals surface area (Å²) >= 11 is 0. The first-order valence-electron chi connectivity index (χ1n) is 16.3. The van der Waals surface area contributed by atoms with Crippen LogP contribution in [0.25, 0.3) is 77.7 Å². The first-order chi connectivity index (χ1) is 23.3. The van der Waals surface area contributed by atoms with Gasteiger partial charge in [0.2, 0.25) is 0 Å². The fraction of sp³-hybridized carbons (Fsp3) is 0.0698. The van der Waals surface area contributed by atoms with Crippen LogP contribution < -0.4 is 4.74 Å². The van der Waals surface area contributed by atoms with Crippen molar-refractivity contribution in [3.05, 3.63) is 151 Å². The summed E-state index contributed by atoms with van der Waals surface area (Å²) in [7, 11) is 1.71. The molecule has 3 heterocycles. The number of fused-ring (bicyclic) bond motifs is 9. The highest BCUT2D eigenvalue weighted by molar-refractivity contribution is 6.12. The van der Waals surface area contributed by atoms with Gasteiger partial charge in [-0.3, -0.25) is 0 Å². The minimum absolute atomic E-state index is 0.851. The summed E-state index contributed by atoms with van der Waals surface area (Å²) in [5, 5.41) is 6.30. The second-order valence-corrected chi connectivity index (χ2v) is 12.5. The molecule has 0 atom stereocenters. The van der Waals surface area contributed by atoms with Gasteiger partial charge in [-0.1, -0.05) is 66.7 Å². The molecule has 10 rings (SSSR count). The third-order valence-corrected chi connectivity index (χ3v) is 10.0. The van der Waals surface area contributed by atoms with E-state index in [4.69, 9.17) is 4.74 Å². The van der Waals surface area contributed by atoms with Crippen LogP contribution in [0, 0.1) is 0 Å². The highest BCUT2D eigenvalue weighted by Gasteiger charge is 2.21. The third-order valence-electron chi connectivity index (χ3n) is 10.0. The van der Waals surface area contributed by atoms with Gasteiger partial charge in [-0.05, 0) is 91.7 Å². The van der Waals surface area contributed by atoms with Crippen LogP contribution in [0.4, 0.5) is 0 Å². The van der Waals surface area contributed by atoms with E-state index in [1.165, 1.54) is 71.5 Å². The number of nitrogens with zero attached hydrogens (tertiary/aromatic N) is 3. The molecule has 0 amide bonds. The molecule has 0 radical (unpaired) electrons. The number of methoxy groups -OCH3 is 1. The smallest absolute Gasteiger partial charge is 0.119 e. The zero-order chi connectivity index (χ0) is 31.1. The fourth-order valence-corrected chi connectivity index (χ4v) is 7.95. The first-order valence-corrected chi connectivity index (χ1v) is 16.3. The van der Waals surface area contributed by atoms with Gasteiger partial charge in [0, 0.05) is 55.3 Å². The number of para-hydroxylation sites is 3. The molecular weight excluding hydrogens is 574 g/mol. The maximum atomic E-state index is 5.51. The van der Waals surface area contributed by atoms with Crippen molar-refractivity contribution in [1.82, 2.24) is 13.7 Å². The summed E-state index contributed by atoms with van der Waals surface area (Å²) in [4.78, 5) is 0. The molecule has 0 bridgehead atoms. The molecule has 0 spiro atoms. The summed E-state index contributed by atoms with van der Waals surface area (Å²) in [5.41, 5.74) is 12.2. The van der Waals surface area contributed by atoms with Gasteiger partial charge in [0.15, 0.2) is 0 Å². The van der Waals surface area contributed by atoms with Crippen LogP contribution in [-0.2, 0) is 6.42 Å². The van der Waals surface area contributed by atoms with Gasteiger partial charge in [-0.15, -0.1) is 0 Å². The maximum absolute atomic E-state index is 5.51. The minimum atomic E-state index is 0.851. The molecule has 1 aliphatic carbocycles. The number of rotatable bonds is 4. The Labute approximate surface area is 272 Å².